The smallest absolute Gasteiger partial charge is 0.288 e. The van der Waals surface area contributed by atoms with E-state index < -0.39 is 27.4 Å². The van der Waals surface area contributed by atoms with Crippen LogP contribution >= 0.6 is 12.6 Å². The highest BCUT2D eigenvalue weighted by Gasteiger charge is 2.47. The number of methoxy groups -OCH3 is 2. The lowest BCUT2D eigenvalue weighted by Gasteiger charge is -2.27. The molecule has 0 aromatic heterocycles. The zero-order valence-corrected chi connectivity index (χ0v) is 38.3. The fourth-order valence-corrected chi connectivity index (χ4v) is 9.58. The second-order valence-corrected chi connectivity index (χ2v) is 19.6. The first kappa shape index (κ1) is 45.1. The van der Waals surface area contributed by atoms with E-state index in [1.807, 2.05) is 56.3 Å². The third-order valence-electron chi connectivity index (χ3n) is 11.8. The number of rotatable bonds is 15. The maximum Gasteiger partial charge on any atom is 0.288 e. The topological polar surface area (TPSA) is 185 Å². The molecule has 3 heterocycles. The average Bonchev–Trinajstić information content (AvgIpc) is 3.86. The number of hydrogen-bond donors (Lipinski definition) is 5. The molecule has 8 rings (SSSR count). The quantitative estimate of drug-likeness (QED) is 0.0509. The fourth-order valence-electron chi connectivity index (χ4n) is 8.57. The summed E-state index contributed by atoms with van der Waals surface area (Å²) in [6.07, 6.45) is 1.74. The van der Waals surface area contributed by atoms with Crippen molar-refractivity contribution in [3.05, 3.63) is 124 Å². The number of nitrogens with one attached hydrogen (secondary N) is 3. The van der Waals surface area contributed by atoms with E-state index >= 15 is 0 Å². The lowest BCUT2D eigenvalue weighted by Crippen LogP contribution is -2.49. The third-order valence-corrected chi connectivity index (χ3v) is 13.1. The molecule has 15 nitrogen and oxygen atoms in total. The highest BCUT2D eigenvalue weighted by molar-refractivity contribution is 7.86. The van der Waals surface area contributed by atoms with E-state index in [0.717, 1.165) is 23.2 Å². The summed E-state index contributed by atoms with van der Waals surface area (Å²) in [5.74, 6) is 0.272. The number of benzene rings is 5. The van der Waals surface area contributed by atoms with Crippen molar-refractivity contribution < 1.29 is 46.3 Å². The molecule has 3 amide bonds. The summed E-state index contributed by atoms with van der Waals surface area (Å²) in [5, 5.41) is 7.51. The Morgan fingerprint density at radius 1 is 0.862 bits per heavy atom. The molecule has 0 fully saturated rings. The van der Waals surface area contributed by atoms with Gasteiger partial charge in [0.1, 0.15) is 13.2 Å². The van der Waals surface area contributed by atoms with Gasteiger partial charge in [-0.1, -0.05) is 50.2 Å². The predicted octanol–water partition coefficient (Wildman–Crippen LogP) is 7.74. The van der Waals surface area contributed by atoms with E-state index in [9.17, 15) is 27.4 Å². The minimum absolute atomic E-state index is 0.0265. The molecular weight excluding hydrogens is 871 g/mol. The SMILES string of the molecule is CNc1cc(OCc2cc(COc3cc4c(cc3OC)C(=O)N3c5ccccc5CC3C(S(=O)(=O)O)N4)cc(NC(=O)CCC(C)(C)S)c2)c(OC)cc1C(=O)N1CCc2ccccc21. The first-order valence-corrected chi connectivity index (χ1v) is 23.1. The monoisotopic (exact) mass is 921 g/mol. The van der Waals surface area contributed by atoms with Crippen molar-refractivity contribution >= 4 is 68.9 Å². The van der Waals surface area contributed by atoms with Gasteiger partial charge in [-0.3, -0.25) is 18.9 Å². The number of amides is 3. The Labute approximate surface area is 383 Å². The standard InChI is InChI=1S/C48H51N5O10S2/c1-48(2,64)16-14-44(54)50-32-19-28(26-62-42-24-35(49-3)33(22-40(42)60-4)46(55)52-17-15-30-10-6-8-12-37(30)52)18-29(20-32)27-63-43-25-36-34(23-41(43)61-5)47(56)53-38-13-9-7-11-31(38)21-39(53)45(51-36)65(57,58)59/h6-13,18-20,22-25,39,45,49,51,64H,14-17,21,26-27H2,1-5H3,(H,50,54)(H,57,58,59). The molecule has 2 atom stereocenters. The van der Waals surface area contributed by atoms with E-state index in [4.69, 9.17) is 18.9 Å². The molecule has 0 radical (unpaired) electrons. The molecule has 0 saturated heterocycles. The Balaban J connectivity index is 1.07. The first-order valence-electron chi connectivity index (χ1n) is 21.1. The molecule has 4 N–H and O–H groups in total. The van der Waals surface area contributed by atoms with Crippen LogP contribution in [0.4, 0.5) is 28.4 Å². The van der Waals surface area contributed by atoms with Crippen LogP contribution in [0.1, 0.15) is 69.7 Å². The largest absolute Gasteiger partial charge is 0.493 e. The number of para-hydroxylation sites is 2. The van der Waals surface area contributed by atoms with Gasteiger partial charge in [0, 0.05) is 54.0 Å². The minimum atomic E-state index is -4.71. The lowest BCUT2D eigenvalue weighted by atomic mass is 10.1. The zero-order chi connectivity index (χ0) is 46.2. The van der Waals surface area contributed by atoms with E-state index in [0.29, 0.717) is 58.2 Å². The van der Waals surface area contributed by atoms with Gasteiger partial charge in [0.15, 0.2) is 28.4 Å². The normalized spacial score (nSPS) is 16.3. The molecule has 65 heavy (non-hydrogen) atoms. The molecule has 17 heteroatoms. The molecule has 0 spiro atoms. The van der Waals surface area contributed by atoms with Crippen molar-refractivity contribution in [1.82, 2.24) is 0 Å². The van der Waals surface area contributed by atoms with Crippen LogP contribution in [-0.4, -0.2) is 74.7 Å². The Morgan fingerprint density at radius 2 is 1.49 bits per heavy atom. The van der Waals surface area contributed by atoms with Crippen LogP contribution in [0.2, 0.25) is 0 Å². The number of fused-ring (bicyclic) bond motifs is 5. The molecule has 3 aliphatic heterocycles. The number of nitrogens with zero attached hydrogens (tertiary/aromatic N) is 2. The molecule has 5 aromatic carbocycles. The number of carbonyl (C=O) groups is 3. The average molecular weight is 922 g/mol. The Hall–Kier alpha value is -6.43. The van der Waals surface area contributed by atoms with Gasteiger partial charge in [0.25, 0.3) is 21.9 Å². The molecule has 0 aliphatic carbocycles. The molecule has 2 unspecified atom stereocenters. The van der Waals surface area contributed by atoms with Crippen molar-refractivity contribution in [1.29, 1.82) is 0 Å². The zero-order valence-electron chi connectivity index (χ0n) is 36.6. The van der Waals surface area contributed by atoms with Crippen molar-refractivity contribution in [2.75, 3.05) is 53.6 Å². The van der Waals surface area contributed by atoms with Crippen LogP contribution < -0.4 is 44.7 Å². The highest BCUT2D eigenvalue weighted by Crippen LogP contribution is 2.43. The number of hydrogen-bond acceptors (Lipinski definition) is 12. The van der Waals surface area contributed by atoms with Crippen LogP contribution in [0.25, 0.3) is 0 Å². The third kappa shape index (κ3) is 9.53. The molecule has 0 saturated carbocycles. The van der Waals surface area contributed by atoms with Crippen LogP contribution in [0.15, 0.2) is 91.0 Å². The Morgan fingerprint density at radius 3 is 2.14 bits per heavy atom. The summed E-state index contributed by atoms with van der Waals surface area (Å²) >= 11 is 4.57. The summed E-state index contributed by atoms with van der Waals surface area (Å²) in [6, 6.07) is 25.8. The van der Waals surface area contributed by atoms with Crippen molar-refractivity contribution in [2.24, 2.45) is 0 Å². The molecule has 0 bridgehead atoms. The maximum atomic E-state index is 14.2. The van der Waals surface area contributed by atoms with Gasteiger partial charge < -0.3 is 44.7 Å². The van der Waals surface area contributed by atoms with Gasteiger partial charge in [-0.15, -0.1) is 0 Å². The second kappa shape index (κ2) is 18.2. The van der Waals surface area contributed by atoms with Crippen LogP contribution in [0.5, 0.6) is 23.0 Å². The maximum absolute atomic E-state index is 14.2. The lowest BCUT2D eigenvalue weighted by molar-refractivity contribution is -0.116. The van der Waals surface area contributed by atoms with Gasteiger partial charge in [-0.2, -0.15) is 21.0 Å². The molecule has 3 aliphatic rings. The van der Waals surface area contributed by atoms with Crippen LogP contribution in [0.3, 0.4) is 0 Å². The summed E-state index contributed by atoms with van der Waals surface area (Å²) in [7, 11) is -0.0472. The first-order chi connectivity index (χ1) is 31.0. The summed E-state index contributed by atoms with van der Waals surface area (Å²) < 4.78 is 60.0. The number of thiol groups is 1. The molecule has 340 valence electrons. The highest BCUT2D eigenvalue weighted by atomic mass is 32.2. The van der Waals surface area contributed by atoms with E-state index in [1.165, 1.54) is 31.3 Å². The number of carbonyl (C=O) groups excluding carboxylic acids is 3. The van der Waals surface area contributed by atoms with Crippen molar-refractivity contribution in [2.45, 2.75) is 68.9 Å². The minimum Gasteiger partial charge on any atom is -0.493 e. The molecule has 5 aromatic rings. The Kier molecular flexibility index (Phi) is 12.7. The van der Waals surface area contributed by atoms with Gasteiger partial charge in [-0.05, 0) is 84.0 Å². The van der Waals surface area contributed by atoms with Gasteiger partial charge in [0.05, 0.1) is 42.8 Å². The van der Waals surface area contributed by atoms with Gasteiger partial charge in [-0.25, -0.2) is 0 Å². The van der Waals surface area contributed by atoms with E-state index in [-0.39, 0.29) is 65.4 Å². The Bertz CT molecular complexity index is 2790. The predicted molar refractivity (Wildman–Crippen MR) is 253 cm³/mol. The van der Waals surface area contributed by atoms with Gasteiger partial charge >= 0.3 is 0 Å². The number of anilines is 5. The van der Waals surface area contributed by atoms with Gasteiger partial charge in [0.2, 0.25) is 5.91 Å². The van der Waals surface area contributed by atoms with Crippen molar-refractivity contribution in [3.63, 3.8) is 0 Å². The second-order valence-electron chi connectivity index (χ2n) is 16.8. The van der Waals surface area contributed by atoms with E-state index in [2.05, 4.69) is 28.6 Å². The van der Waals surface area contributed by atoms with Crippen LogP contribution in [-0.2, 0) is 41.0 Å². The van der Waals surface area contributed by atoms with Crippen LogP contribution in [0, 0.1) is 0 Å². The molecular formula is C48H51N5O10S2. The fraction of sp³-hybridized carbons (Fsp3) is 0.312. The van der Waals surface area contributed by atoms with E-state index in [1.54, 1.807) is 48.3 Å². The number of ether oxygens (including phenoxy) is 4. The summed E-state index contributed by atoms with van der Waals surface area (Å²) in [4.78, 5) is 44.5. The van der Waals surface area contributed by atoms with Crippen molar-refractivity contribution in [3.8, 4) is 23.0 Å². The summed E-state index contributed by atoms with van der Waals surface area (Å²) in [6.45, 7) is 4.40. The summed E-state index contributed by atoms with van der Waals surface area (Å²) in [5.41, 5.74) is 6.34.